The van der Waals surface area contributed by atoms with E-state index in [1.54, 1.807) is 18.9 Å². The molecule has 0 aliphatic carbocycles. The van der Waals surface area contributed by atoms with Gasteiger partial charge in [-0.1, -0.05) is 6.07 Å². The first kappa shape index (κ1) is 13.0. The maximum absolute atomic E-state index is 5.71. The summed E-state index contributed by atoms with van der Waals surface area (Å²) >= 11 is 6.88. The van der Waals surface area contributed by atoms with Crippen LogP contribution in [0.2, 0.25) is 0 Å². The summed E-state index contributed by atoms with van der Waals surface area (Å²) in [5, 5.41) is 0. The van der Waals surface area contributed by atoms with Gasteiger partial charge in [-0.25, -0.2) is 0 Å². The fourth-order valence-corrected chi connectivity index (χ4v) is 2.57. The molecule has 0 aliphatic heterocycles. The lowest BCUT2D eigenvalue weighted by Crippen LogP contribution is -1.94. The van der Waals surface area contributed by atoms with Crippen LogP contribution in [0.15, 0.2) is 23.1 Å². The van der Waals surface area contributed by atoms with Crippen molar-refractivity contribution in [1.82, 2.24) is 0 Å². The summed E-state index contributed by atoms with van der Waals surface area (Å²) < 4.78 is 10.9. The standard InChI is InChI=1S/C10H15O2PS2/c1-8-5-6-9(10(7-8)15-4)12-13(3,14)11-2/h5-7H,1-4H3. The largest absolute Gasteiger partial charge is 0.442 e. The van der Waals surface area contributed by atoms with Crippen molar-refractivity contribution in [1.29, 1.82) is 0 Å². The molecule has 2 nitrogen and oxygen atoms in total. The number of rotatable bonds is 4. The first-order valence-corrected chi connectivity index (χ1v) is 8.77. The number of hydrogen-bond acceptors (Lipinski definition) is 4. The first-order valence-electron chi connectivity index (χ1n) is 4.46. The fraction of sp³-hybridized carbons (Fsp3) is 0.400. The Hall–Kier alpha value is -0.0200. The molecule has 15 heavy (non-hydrogen) atoms. The van der Waals surface area contributed by atoms with Gasteiger partial charge in [-0.3, -0.25) is 0 Å². The second kappa shape index (κ2) is 5.35. The van der Waals surface area contributed by atoms with Crippen LogP contribution in [0, 0.1) is 6.92 Å². The average molecular weight is 262 g/mol. The van der Waals surface area contributed by atoms with Crippen molar-refractivity contribution < 1.29 is 9.05 Å². The first-order chi connectivity index (χ1) is 6.98. The maximum atomic E-state index is 5.71. The highest BCUT2D eigenvalue weighted by Gasteiger charge is 2.13. The molecule has 0 bridgehead atoms. The van der Waals surface area contributed by atoms with E-state index in [9.17, 15) is 0 Å². The van der Waals surface area contributed by atoms with Crippen molar-refractivity contribution >= 4 is 30.1 Å². The van der Waals surface area contributed by atoms with Gasteiger partial charge in [0.2, 0.25) is 6.49 Å². The Kier molecular flexibility index (Phi) is 4.65. The third-order valence-electron chi connectivity index (χ3n) is 1.91. The molecule has 1 atom stereocenters. The minimum absolute atomic E-state index is 0.820. The van der Waals surface area contributed by atoms with Crippen molar-refractivity contribution in [3.63, 3.8) is 0 Å². The van der Waals surface area contributed by atoms with Crippen molar-refractivity contribution in [3.05, 3.63) is 23.8 Å². The van der Waals surface area contributed by atoms with Gasteiger partial charge >= 0.3 is 0 Å². The van der Waals surface area contributed by atoms with Crippen molar-refractivity contribution in [3.8, 4) is 5.75 Å². The smallest absolute Gasteiger partial charge is 0.234 e. The van der Waals surface area contributed by atoms with Crippen molar-refractivity contribution in [2.45, 2.75) is 11.8 Å². The van der Waals surface area contributed by atoms with Gasteiger partial charge in [0.15, 0.2) is 0 Å². The average Bonchev–Trinajstić information content (AvgIpc) is 2.20. The Balaban J connectivity index is 2.99. The number of hydrogen-bond donors (Lipinski definition) is 0. The van der Waals surface area contributed by atoms with Gasteiger partial charge in [-0.2, -0.15) is 0 Å². The molecule has 0 radical (unpaired) electrons. The van der Waals surface area contributed by atoms with Gasteiger partial charge in [0, 0.05) is 18.7 Å². The minimum atomic E-state index is -2.13. The SMILES string of the molecule is COP(C)(=S)Oc1ccc(C)cc1SC. The monoisotopic (exact) mass is 262 g/mol. The second-order valence-corrected chi connectivity index (χ2v) is 8.13. The molecule has 0 fully saturated rings. The van der Waals surface area contributed by atoms with Gasteiger partial charge in [-0.15, -0.1) is 11.8 Å². The third-order valence-corrected chi connectivity index (χ3v) is 4.54. The molecule has 0 spiro atoms. The predicted molar refractivity (Wildman–Crippen MR) is 70.8 cm³/mol. The molecule has 0 saturated heterocycles. The summed E-state index contributed by atoms with van der Waals surface area (Å²) in [7, 11) is 1.59. The molecule has 1 aromatic carbocycles. The lowest BCUT2D eigenvalue weighted by molar-refractivity contribution is 0.395. The van der Waals surface area contributed by atoms with Crippen LogP contribution in [0.25, 0.3) is 0 Å². The highest BCUT2D eigenvalue weighted by molar-refractivity contribution is 8.09. The fourth-order valence-electron chi connectivity index (χ4n) is 1.07. The zero-order chi connectivity index (χ0) is 11.5. The molecule has 0 aliphatic rings. The molecule has 1 aromatic rings. The number of benzene rings is 1. The van der Waals surface area contributed by atoms with Crippen LogP contribution in [0.4, 0.5) is 0 Å². The van der Waals surface area contributed by atoms with Crippen LogP contribution in [-0.4, -0.2) is 20.0 Å². The Morgan fingerprint density at radius 2 is 2.07 bits per heavy atom. The minimum Gasteiger partial charge on any atom is -0.442 e. The van der Waals surface area contributed by atoms with Crippen molar-refractivity contribution in [2.24, 2.45) is 0 Å². The van der Waals surface area contributed by atoms with Crippen molar-refractivity contribution in [2.75, 3.05) is 20.0 Å². The van der Waals surface area contributed by atoms with E-state index in [4.69, 9.17) is 20.9 Å². The van der Waals surface area contributed by atoms with E-state index < -0.39 is 6.49 Å². The van der Waals surface area contributed by atoms with Gasteiger partial charge in [0.1, 0.15) is 5.75 Å². The van der Waals surface area contributed by atoms with Crippen LogP contribution in [0.1, 0.15) is 5.56 Å². The zero-order valence-electron chi connectivity index (χ0n) is 9.31. The summed E-state index contributed by atoms with van der Waals surface area (Å²) in [4.78, 5) is 1.10. The highest BCUT2D eigenvalue weighted by Crippen LogP contribution is 2.46. The van der Waals surface area contributed by atoms with Crippen LogP contribution in [-0.2, 0) is 16.3 Å². The van der Waals surface area contributed by atoms with E-state index >= 15 is 0 Å². The summed E-state index contributed by atoms with van der Waals surface area (Å²) in [5.41, 5.74) is 1.22. The summed E-state index contributed by atoms with van der Waals surface area (Å²) in [5.74, 6) is 0.820. The summed E-state index contributed by atoms with van der Waals surface area (Å²) in [6.07, 6.45) is 2.02. The maximum Gasteiger partial charge on any atom is 0.234 e. The Labute approximate surface area is 101 Å². The van der Waals surface area contributed by atoms with Gasteiger partial charge in [0.25, 0.3) is 0 Å². The molecule has 1 unspecified atom stereocenters. The third kappa shape index (κ3) is 3.80. The normalized spacial score (nSPS) is 14.7. The molecular weight excluding hydrogens is 247 g/mol. The molecule has 0 aromatic heterocycles. The quantitative estimate of drug-likeness (QED) is 0.608. The van der Waals surface area contributed by atoms with Gasteiger partial charge in [-0.05, 0) is 42.7 Å². The van der Waals surface area contributed by atoms with E-state index in [1.807, 2.05) is 25.1 Å². The number of aryl methyl sites for hydroxylation is 1. The van der Waals surface area contributed by atoms with Gasteiger partial charge in [0.05, 0.1) is 0 Å². The molecule has 0 amide bonds. The van der Waals surface area contributed by atoms with Crippen LogP contribution in [0.5, 0.6) is 5.75 Å². The molecule has 0 heterocycles. The lowest BCUT2D eigenvalue weighted by Gasteiger charge is -2.18. The van der Waals surface area contributed by atoms with E-state index in [0.717, 1.165) is 10.6 Å². The molecule has 0 saturated carbocycles. The van der Waals surface area contributed by atoms with E-state index in [-0.39, 0.29) is 0 Å². The molecule has 5 heteroatoms. The molecule has 1 rings (SSSR count). The highest BCUT2D eigenvalue weighted by atomic mass is 32.5. The van der Waals surface area contributed by atoms with E-state index in [2.05, 4.69) is 13.0 Å². The predicted octanol–water partition coefficient (Wildman–Crippen LogP) is 3.68. The van der Waals surface area contributed by atoms with Crippen LogP contribution in [0.3, 0.4) is 0 Å². The Morgan fingerprint density at radius 3 is 2.60 bits per heavy atom. The Morgan fingerprint density at radius 1 is 1.40 bits per heavy atom. The topological polar surface area (TPSA) is 18.5 Å². The summed E-state index contributed by atoms with van der Waals surface area (Å²) in [6, 6.07) is 6.05. The number of thioether (sulfide) groups is 1. The van der Waals surface area contributed by atoms with E-state index in [0.29, 0.717) is 0 Å². The summed E-state index contributed by atoms with van der Waals surface area (Å²) in [6.45, 7) is 1.75. The lowest BCUT2D eigenvalue weighted by atomic mass is 10.2. The van der Waals surface area contributed by atoms with Crippen LogP contribution < -0.4 is 4.52 Å². The molecule has 84 valence electrons. The van der Waals surface area contributed by atoms with Gasteiger partial charge < -0.3 is 9.05 Å². The molecule has 0 N–H and O–H groups in total. The molecular formula is C10H15O2PS2. The zero-order valence-corrected chi connectivity index (χ0v) is 11.8. The van der Waals surface area contributed by atoms with E-state index in [1.165, 1.54) is 5.56 Å². The Bertz CT molecular complexity index is 393. The van der Waals surface area contributed by atoms with Crippen LogP contribution >= 0.6 is 18.3 Å². The second-order valence-electron chi connectivity index (χ2n) is 3.20.